The van der Waals surface area contributed by atoms with Crippen LogP contribution in [0.25, 0.3) is 12.2 Å². The number of hydrogen-bond donors (Lipinski definition) is 0. The van der Waals surface area contributed by atoms with Crippen molar-refractivity contribution < 1.29 is 22.5 Å². The number of rotatable bonds is 6. The Balaban J connectivity index is 1.47. The molecule has 0 atom stereocenters. The minimum Gasteiger partial charge on any atom is -0.497 e. The summed E-state index contributed by atoms with van der Waals surface area (Å²) in [4.78, 5) is 14.9. The second-order valence-electron chi connectivity index (χ2n) is 8.64. The first kappa shape index (κ1) is 23.5. The van der Waals surface area contributed by atoms with Crippen LogP contribution in [0.5, 0.6) is 5.75 Å². The highest BCUT2D eigenvalue weighted by atomic mass is 32.2. The molecule has 33 heavy (non-hydrogen) atoms. The van der Waals surface area contributed by atoms with Crippen LogP contribution in [0, 0.1) is 12.8 Å². The molecule has 9 heteroatoms. The molecule has 3 heterocycles. The second-order valence-corrected chi connectivity index (χ2v) is 10.5. The van der Waals surface area contributed by atoms with Gasteiger partial charge in [-0.3, -0.25) is 4.79 Å². The van der Waals surface area contributed by atoms with Crippen molar-refractivity contribution in [3.8, 4) is 5.75 Å². The minimum absolute atomic E-state index is 0.0856. The first-order valence-electron chi connectivity index (χ1n) is 11.5. The fourth-order valence-electron chi connectivity index (χ4n) is 4.56. The number of ether oxygens (including phenoxy) is 1. The number of amides is 1. The number of carbonyl (C=O) groups excluding carboxylic acids is 1. The summed E-state index contributed by atoms with van der Waals surface area (Å²) in [7, 11) is -2.20. The van der Waals surface area contributed by atoms with Crippen LogP contribution in [0.2, 0.25) is 0 Å². The number of aryl methyl sites for hydroxylation is 1. The van der Waals surface area contributed by atoms with E-state index in [2.05, 4.69) is 5.16 Å². The van der Waals surface area contributed by atoms with Crippen LogP contribution in [0.3, 0.4) is 0 Å². The van der Waals surface area contributed by atoms with Crippen molar-refractivity contribution in [3.63, 3.8) is 0 Å². The van der Waals surface area contributed by atoms with Crippen LogP contribution in [-0.2, 0) is 14.8 Å². The molecule has 1 aromatic carbocycles. The molecule has 2 aromatic rings. The predicted octanol–water partition coefficient (Wildman–Crippen LogP) is 3.58. The highest BCUT2D eigenvalue weighted by molar-refractivity contribution is 7.89. The smallest absolute Gasteiger partial charge is 0.248 e. The van der Waals surface area contributed by atoms with Crippen molar-refractivity contribution in [2.45, 2.75) is 43.9 Å². The molecule has 2 aliphatic rings. The molecular formula is C24H31N3O5S. The Labute approximate surface area is 195 Å². The molecule has 0 aliphatic carbocycles. The lowest BCUT2D eigenvalue weighted by molar-refractivity contribution is -0.137. The van der Waals surface area contributed by atoms with Gasteiger partial charge in [-0.15, -0.1) is 0 Å². The molecule has 8 nitrogen and oxygen atoms in total. The van der Waals surface area contributed by atoms with Gasteiger partial charge in [0.2, 0.25) is 15.9 Å². The number of aromatic nitrogens is 1. The maximum atomic E-state index is 13.5. The summed E-state index contributed by atoms with van der Waals surface area (Å²) < 4.78 is 39.0. The van der Waals surface area contributed by atoms with Gasteiger partial charge in [0.1, 0.15) is 11.4 Å². The van der Waals surface area contributed by atoms with Gasteiger partial charge >= 0.3 is 0 Å². The fourth-order valence-corrected chi connectivity index (χ4v) is 6.28. The van der Waals surface area contributed by atoms with Crippen LogP contribution in [0.15, 0.2) is 33.7 Å². The van der Waals surface area contributed by atoms with E-state index < -0.39 is 10.0 Å². The fraction of sp³-hybridized carbons (Fsp3) is 0.500. The molecule has 0 radical (unpaired) electrons. The summed E-state index contributed by atoms with van der Waals surface area (Å²) in [6, 6.07) is 7.43. The van der Waals surface area contributed by atoms with Gasteiger partial charge in [-0.25, -0.2) is 8.42 Å². The van der Waals surface area contributed by atoms with Crippen molar-refractivity contribution >= 4 is 28.1 Å². The average molecular weight is 474 g/mol. The molecule has 2 saturated heterocycles. The molecule has 0 unspecified atom stereocenters. The van der Waals surface area contributed by atoms with Gasteiger partial charge in [0.25, 0.3) is 0 Å². The Hall–Kier alpha value is -2.65. The van der Waals surface area contributed by atoms with Crippen LogP contribution in [0.1, 0.15) is 49.1 Å². The molecule has 0 N–H and O–H groups in total. The summed E-state index contributed by atoms with van der Waals surface area (Å²) in [5.41, 5.74) is 1.18. The number of hydrogen-bond acceptors (Lipinski definition) is 6. The zero-order chi connectivity index (χ0) is 23.4. The topological polar surface area (TPSA) is 93.0 Å². The van der Waals surface area contributed by atoms with Gasteiger partial charge < -0.3 is 14.2 Å². The van der Waals surface area contributed by atoms with Gasteiger partial charge in [-0.1, -0.05) is 23.4 Å². The highest BCUT2D eigenvalue weighted by Gasteiger charge is 2.37. The summed E-state index contributed by atoms with van der Waals surface area (Å²) in [5.74, 6) is 0.975. The van der Waals surface area contributed by atoms with E-state index in [1.165, 1.54) is 10.7 Å². The van der Waals surface area contributed by atoms with E-state index in [4.69, 9.17) is 9.26 Å². The van der Waals surface area contributed by atoms with Gasteiger partial charge in [0.05, 0.1) is 7.11 Å². The van der Waals surface area contributed by atoms with Crippen LogP contribution < -0.4 is 4.74 Å². The molecule has 0 saturated carbocycles. The minimum atomic E-state index is -3.79. The molecule has 4 rings (SSSR count). The quantitative estimate of drug-likeness (QED) is 0.637. The number of piperidine rings is 2. The average Bonchev–Trinajstić information content (AvgIpc) is 3.24. The van der Waals surface area contributed by atoms with E-state index in [0.717, 1.165) is 31.5 Å². The van der Waals surface area contributed by atoms with Crippen molar-refractivity contribution in [1.29, 1.82) is 0 Å². The number of sulfonamides is 1. The van der Waals surface area contributed by atoms with E-state index in [9.17, 15) is 13.2 Å². The van der Waals surface area contributed by atoms with E-state index in [1.54, 1.807) is 26.2 Å². The van der Waals surface area contributed by atoms with Gasteiger partial charge in [0.15, 0.2) is 10.7 Å². The number of carbonyl (C=O) groups is 1. The molecule has 2 aliphatic heterocycles. The number of methoxy groups -OCH3 is 1. The first-order chi connectivity index (χ1) is 15.9. The lowest BCUT2D eigenvalue weighted by atomic mass is 9.95. The number of likely N-dealkylation sites (tertiary alicyclic amines) is 1. The van der Waals surface area contributed by atoms with Crippen LogP contribution in [0.4, 0.5) is 0 Å². The highest BCUT2D eigenvalue weighted by Crippen LogP contribution is 2.30. The molecule has 0 bridgehead atoms. The Morgan fingerprint density at radius 2 is 1.85 bits per heavy atom. The summed E-state index contributed by atoms with van der Waals surface area (Å²) >= 11 is 0. The third-order valence-corrected chi connectivity index (χ3v) is 8.48. The summed E-state index contributed by atoms with van der Waals surface area (Å²) in [6.07, 6.45) is 7.74. The van der Waals surface area contributed by atoms with Crippen molar-refractivity contribution in [2.75, 3.05) is 33.3 Å². The first-order valence-corrected chi connectivity index (χ1v) is 12.9. The maximum Gasteiger partial charge on any atom is 0.248 e. The Kier molecular flexibility index (Phi) is 7.19. The second kappa shape index (κ2) is 10.1. The number of nitrogens with zero attached hydrogens (tertiary/aromatic N) is 3. The Bertz CT molecular complexity index is 1110. The van der Waals surface area contributed by atoms with E-state index in [1.807, 2.05) is 29.2 Å². The largest absolute Gasteiger partial charge is 0.497 e. The number of benzene rings is 1. The van der Waals surface area contributed by atoms with Gasteiger partial charge in [-0.2, -0.15) is 4.31 Å². The zero-order valence-corrected chi connectivity index (χ0v) is 20.0. The Morgan fingerprint density at radius 1 is 1.12 bits per heavy atom. The van der Waals surface area contributed by atoms with Gasteiger partial charge in [0, 0.05) is 32.1 Å². The van der Waals surface area contributed by atoms with Gasteiger partial charge in [-0.05, 0) is 62.8 Å². The predicted molar refractivity (Wildman–Crippen MR) is 125 cm³/mol. The van der Waals surface area contributed by atoms with Crippen molar-refractivity contribution in [2.24, 2.45) is 5.92 Å². The standard InChI is InChI=1S/C24H31N3O5S/c1-18-23(22(32-25-18)10-9-19-7-6-8-21(17-19)31-2)33(29,30)27-15-11-20(12-16-27)24(28)26-13-4-3-5-14-26/h6-10,17,20H,3-5,11-16H2,1-2H3. The summed E-state index contributed by atoms with van der Waals surface area (Å²) in [5, 5.41) is 3.91. The Morgan fingerprint density at radius 3 is 2.55 bits per heavy atom. The van der Waals surface area contributed by atoms with E-state index in [0.29, 0.717) is 37.4 Å². The molecular weight excluding hydrogens is 442 g/mol. The van der Waals surface area contributed by atoms with Crippen molar-refractivity contribution in [3.05, 3.63) is 41.3 Å². The van der Waals surface area contributed by atoms with Crippen LogP contribution in [-0.4, -0.2) is 62.0 Å². The lowest BCUT2D eigenvalue weighted by Crippen LogP contribution is -2.45. The third kappa shape index (κ3) is 5.14. The lowest BCUT2D eigenvalue weighted by Gasteiger charge is -2.35. The van der Waals surface area contributed by atoms with Crippen molar-refractivity contribution in [1.82, 2.24) is 14.4 Å². The molecule has 1 aromatic heterocycles. The molecule has 1 amide bonds. The van der Waals surface area contributed by atoms with E-state index >= 15 is 0 Å². The summed E-state index contributed by atoms with van der Waals surface area (Å²) in [6.45, 7) is 3.90. The van der Waals surface area contributed by atoms with E-state index in [-0.39, 0.29) is 22.5 Å². The molecule has 0 spiro atoms. The van der Waals surface area contributed by atoms with Crippen LogP contribution >= 0.6 is 0 Å². The molecule has 2 fully saturated rings. The normalized spacial score (nSPS) is 18.7. The monoisotopic (exact) mass is 473 g/mol. The zero-order valence-electron chi connectivity index (χ0n) is 19.2. The molecule has 178 valence electrons. The maximum absolute atomic E-state index is 13.5. The SMILES string of the molecule is COc1cccc(C=Cc2onc(C)c2S(=O)(=O)N2CCC(C(=O)N3CCCCC3)CC2)c1. The third-order valence-electron chi connectivity index (χ3n) is 6.42.